The summed E-state index contributed by atoms with van der Waals surface area (Å²) in [5, 5.41) is 8.71. The third-order valence-electron chi connectivity index (χ3n) is 3.56. The fourth-order valence-corrected chi connectivity index (χ4v) is 2.31. The molecular weight excluding hydrogens is 270 g/mol. The minimum absolute atomic E-state index is 0.0456. The summed E-state index contributed by atoms with van der Waals surface area (Å²) in [4.78, 5) is 24.9. The summed E-state index contributed by atoms with van der Waals surface area (Å²) in [6.07, 6.45) is 2.59. The van der Waals surface area contributed by atoms with Crippen molar-refractivity contribution in [2.75, 3.05) is 19.8 Å². The quantitative estimate of drug-likeness (QED) is 0.864. The van der Waals surface area contributed by atoms with Crippen LogP contribution >= 0.6 is 0 Å². The third kappa shape index (κ3) is 3.70. The molecule has 1 amide bonds. The molecule has 0 radical (unpaired) electrons. The molecule has 1 aromatic rings. The number of nitrogens with zero attached hydrogens (tertiary/aromatic N) is 1. The zero-order valence-corrected chi connectivity index (χ0v) is 12.2. The second-order valence-electron chi connectivity index (χ2n) is 5.17. The lowest BCUT2D eigenvalue weighted by Gasteiger charge is -2.33. The van der Waals surface area contributed by atoms with Crippen molar-refractivity contribution in [3.05, 3.63) is 41.0 Å². The molecule has 112 valence electrons. The first kappa shape index (κ1) is 15.3. The van der Waals surface area contributed by atoms with Gasteiger partial charge in [-0.05, 0) is 43.2 Å². The Morgan fingerprint density at radius 2 is 2.19 bits per heavy atom. The number of carboxylic acids is 1. The maximum Gasteiger partial charge on any atom is 0.328 e. The van der Waals surface area contributed by atoms with E-state index in [1.54, 1.807) is 17.0 Å². The first-order valence-electron chi connectivity index (χ1n) is 6.89. The van der Waals surface area contributed by atoms with Crippen LogP contribution in [0.3, 0.4) is 0 Å². The van der Waals surface area contributed by atoms with Crippen molar-refractivity contribution in [3.63, 3.8) is 0 Å². The van der Waals surface area contributed by atoms with Crippen molar-refractivity contribution in [3.8, 4) is 0 Å². The van der Waals surface area contributed by atoms with E-state index in [2.05, 4.69) is 0 Å². The van der Waals surface area contributed by atoms with E-state index in [0.717, 1.165) is 17.2 Å². The minimum Gasteiger partial charge on any atom is -0.478 e. The van der Waals surface area contributed by atoms with Gasteiger partial charge in [-0.25, -0.2) is 4.79 Å². The lowest BCUT2D eigenvalue weighted by Crippen LogP contribution is -2.47. The molecule has 1 aromatic carbocycles. The Labute approximate surface area is 123 Å². The van der Waals surface area contributed by atoms with Gasteiger partial charge in [0.05, 0.1) is 19.3 Å². The van der Waals surface area contributed by atoms with Gasteiger partial charge < -0.3 is 14.7 Å². The van der Waals surface area contributed by atoms with Gasteiger partial charge in [-0.15, -0.1) is 0 Å². The van der Waals surface area contributed by atoms with Crippen LogP contribution in [0.25, 0.3) is 6.08 Å². The number of hydrogen-bond acceptors (Lipinski definition) is 3. The second kappa shape index (κ2) is 6.54. The molecule has 5 heteroatoms. The highest BCUT2D eigenvalue weighted by Crippen LogP contribution is 2.17. The van der Waals surface area contributed by atoms with E-state index < -0.39 is 5.97 Å². The van der Waals surface area contributed by atoms with Crippen LogP contribution < -0.4 is 0 Å². The predicted octanol–water partition coefficient (Wildman–Crippen LogP) is 1.95. The number of carbonyl (C=O) groups is 2. The molecule has 1 aliphatic rings. The maximum absolute atomic E-state index is 12.5. The van der Waals surface area contributed by atoms with Gasteiger partial charge in [-0.1, -0.05) is 6.07 Å². The molecule has 0 spiro atoms. The fourth-order valence-electron chi connectivity index (χ4n) is 2.31. The molecule has 0 saturated carbocycles. The molecule has 1 unspecified atom stereocenters. The molecule has 5 nitrogen and oxygen atoms in total. The summed E-state index contributed by atoms with van der Waals surface area (Å²) in [6, 6.07) is 5.39. The summed E-state index contributed by atoms with van der Waals surface area (Å²) in [5.41, 5.74) is 2.24. The molecule has 1 aliphatic heterocycles. The number of rotatable bonds is 3. The Morgan fingerprint density at radius 3 is 2.86 bits per heavy atom. The van der Waals surface area contributed by atoms with Crippen LogP contribution in [0, 0.1) is 6.92 Å². The van der Waals surface area contributed by atoms with Crippen LogP contribution in [0.1, 0.15) is 28.4 Å². The number of carbonyl (C=O) groups excluding carboxylic acids is 1. The minimum atomic E-state index is -1.01. The second-order valence-corrected chi connectivity index (χ2v) is 5.17. The van der Waals surface area contributed by atoms with E-state index in [1.807, 2.05) is 19.9 Å². The number of morpholine rings is 1. The van der Waals surface area contributed by atoms with Crippen LogP contribution in [0.15, 0.2) is 24.3 Å². The van der Waals surface area contributed by atoms with Gasteiger partial charge in [0.15, 0.2) is 0 Å². The summed E-state index contributed by atoms with van der Waals surface area (Å²) in [6.45, 7) is 5.51. The summed E-state index contributed by atoms with van der Waals surface area (Å²) in [5.74, 6) is -1.05. The normalized spacial score (nSPS) is 19.0. The van der Waals surface area contributed by atoms with E-state index in [0.29, 0.717) is 25.3 Å². The molecule has 1 atom stereocenters. The number of carboxylic acid groups (broad SMARTS) is 1. The van der Waals surface area contributed by atoms with Gasteiger partial charge in [-0.2, -0.15) is 0 Å². The lowest BCUT2D eigenvalue weighted by molar-refractivity contribution is -0.131. The van der Waals surface area contributed by atoms with Crippen LogP contribution in [-0.2, 0) is 9.53 Å². The molecule has 1 heterocycles. The number of aliphatic carboxylic acids is 1. The molecule has 2 rings (SSSR count). The number of amides is 1. The largest absolute Gasteiger partial charge is 0.478 e. The Balaban J connectivity index is 2.25. The molecule has 0 aromatic heterocycles. The third-order valence-corrected chi connectivity index (χ3v) is 3.56. The molecule has 0 aliphatic carbocycles. The molecule has 21 heavy (non-hydrogen) atoms. The van der Waals surface area contributed by atoms with Crippen molar-refractivity contribution in [1.29, 1.82) is 0 Å². The van der Waals surface area contributed by atoms with Gasteiger partial charge in [0.2, 0.25) is 0 Å². The first-order valence-corrected chi connectivity index (χ1v) is 6.89. The zero-order chi connectivity index (χ0) is 15.4. The summed E-state index contributed by atoms with van der Waals surface area (Å²) < 4.78 is 5.34. The molecule has 1 saturated heterocycles. The van der Waals surface area contributed by atoms with Crippen molar-refractivity contribution in [2.24, 2.45) is 0 Å². The Hall–Kier alpha value is -2.14. The van der Waals surface area contributed by atoms with Gasteiger partial charge in [-0.3, -0.25) is 4.79 Å². The topological polar surface area (TPSA) is 66.8 Å². The van der Waals surface area contributed by atoms with Gasteiger partial charge in [0, 0.05) is 18.2 Å². The molecule has 1 N–H and O–H groups in total. The number of hydrogen-bond donors (Lipinski definition) is 1. The first-order chi connectivity index (χ1) is 9.99. The highest BCUT2D eigenvalue weighted by Gasteiger charge is 2.24. The highest BCUT2D eigenvalue weighted by atomic mass is 16.5. The monoisotopic (exact) mass is 289 g/mol. The highest BCUT2D eigenvalue weighted by molar-refractivity contribution is 5.95. The van der Waals surface area contributed by atoms with Crippen LogP contribution in [0.4, 0.5) is 0 Å². The number of benzene rings is 1. The average Bonchev–Trinajstić information content (AvgIpc) is 2.46. The fraction of sp³-hybridized carbons (Fsp3) is 0.375. The molecule has 1 fully saturated rings. The molecular formula is C16H19NO4. The van der Waals surface area contributed by atoms with Crippen LogP contribution in [0.2, 0.25) is 0 Å². The SMILES string of the molecule is Cc1ccc(C(=O)N2CCOCC2C)cc1/C=C/C(=O)O. The van der Waals surface area contributed by atoms with Crippen LogP contribution in [0.5, 0.6) is 0 Å². The van der Waals surface area contributed by atoms with Crippen molar-refractivity contribution < 1.29 is 19.4 Å². The van der Waals surface area contributed by atoms with Gasteiger partial charge in [0.25, 0.3) is 5.91 Å². The summed E-state index contributed by atoms with van der Waals surface area (Å²) >= 11 is 0. The molecule has 0 bridgehead atoms. The van der Waals surface area contributed by atoms with E-state index in [-0.39, 0.29) is 11.9 Å². The zero-order valence-electron chi connectivity index (χ0n) is 12.2. The van der Waals surface area contributed by atoms with Crippen LogP contribution in [-0.4, -0.2) is 47.7 Å². The average molecular weight is 289 g/mol. The van der Waals surface area contributed by atoms with Crippen molar-refractivity contribution in [1.82, 2.24) is 4.90 Å². The smallest absolute Gasteiger partial charge is 0.328 e. The van der Waals surface area contributed by atoms with Gasteiger partial charge >= 0.3 is 5.97 Å². The van der Waals surface area contributed by atoms with Crippen molar-refractivity contribution in [2.45, 2.75) is 19.9 Å². The number of aryl methyl sites for hydroxylation is 1. The Morgan fingerprint density at radius 1 is 1.43 bits per heavy atom. The Bertz CT molecular complexity index is 580. The van der Waals surface area contributed by atoms with E-state index >= 15 is 0 Å². The van der Waals surface area contributed by atoms with E-state index in [9.17, 15) is 9.59 Å². The lowest BCUT2D eigenvalue weighted by atomic mass is 10.0. The van der Waals surface area contributed by atoms with Gasteiger partial charge in [0.1, 0.15) is 0 Å². The number of ether oxygens (including phenoxy) is 1. The summed E-state index contributed by atoms with van der Waals surface area (Å²) in [7, 11) is 0. The Kier molecular flexibility index (Phi) is 4.75. The van der Waals surface area contributed by atoms with Crippen molar-refractivity contribution >= 4 is 18.0 Å². The predicted molar refractivity (Wildman–Crippen MR) is 79.2 cm³/mol. The maximum atomic E-state index is 12.5. The van der Waals surface area contributed by atoms with E-state index in [4.69, 9.17) is 9.84 Å². The van der Waals surface area contributed by atoms with E-state index in [1.165, 1.54) is 6.08 Å². The standard InChI is InChI=1S/C16H19NO4/c1-11-3-4-14(9-13(11)5-6-15(18)19)16(20)17-7-8-21-10-12(17)2/h3-6,9,12H,7-8,10H2,1-2H3,(H,18,19)/b6-5+.